The quantitative estimate of drug-likeness (QED) is 0.657. The van der Waals surface area contributed by atoms with E-state index in [0.717, 1.165) is 5.56 Å². The smallest absolute Gasteiger partial charge is 0.237 e. The van der Waals surface area contributed by atoms with Gasteiger partial charge in [0, 0.05) is 10.5 Å². The summed E-state index contributed by atoms with van der Waals surface area (Å²) in [5.74, 6) is 1.98. The Morgan fingerprint density at radius 2 is 1.86 bits per heavy atom. The second-order valence-corrected chi connectivity index (χ2v) is 5.95. The van der Waals surface area contributed by atoms with Crippen LogP contribution in [0.2, 0.25) is 0 Å². The minimum atomic E-state index is 0.645. The van der Waals surface area contributed by atoms with Crippen LogP contribution in [0.1, 0.15) is 17.0 Å². The van der Waals surface area contributed by atoms with E-state index in [1.54, 1.807) is 11.8 Å². The monoisotopic (exact) mass is 296 g/mol. The number of nitrogens with zero attached hydrogens (tertiary/aromatic N) is 2. The maximum Gasteiger partial charge on any atom is 0.237 e. The van der Waals surface area contributed by atoms with Crippen molar-refractivity contribution < 1.29 is 4.52 Å². The van der Waals surface area contributed by atoms with Crippen molar-refractivity contribution in [3.63, 3.8) is 0 Å². The average Bonchev–Trinajstić information content (AvgIpc) is 2.96. The van der Waals surface area contributed by atoms with Gasteiger partial charge in [-0.15, -0.1) is 11.8 Å². The van der Waals surface area contributed by atoms with Crippen molar-refractivity contribution in [2.45, 2.75) is 24.5 Å². The van der Waals surface area contributed by atoms with Crippen LogP contribution in [-0.4, -0.2) is 10.1 Å². The molecule has 1 aromatic heterocycles. The third kappa shape index (κ3) is 3.34. The summed E-state index contributed by atoms with van der Waals surface area (Å²) in [5.41, 5.74) is 3.54. The second-order valence-electron chi connectivity index (χ2n) is 4.94. The van der Waals surface area contributed by atoms with Gasteiger partial charge in [-0.1, -0.05) is 53.2 Å². The minimum absolute atomic E-state index is 0.645. The van der Waals surface area contributed by atoms with E-state index in [9.17, 15) is 0 Å². The van der Waals surface area contributed by atoms with Crippen molar-refractivity contribution in [1.29, 1.82) is 0 Å². The molecule has 3 aromatic rings. The SMILES string of the molecule is Cc1ccc(SCc2nc(-c3ccccc3)no2)c(C)c1. The Labute approximate surface area is 128 Å². The van der Waals surface area contributed by atoms with Crippen LogP contribution in [-0.2, 0) is 5.75 Å². The summed E-state index contributed by atoms with van der Waals surface area (Å²) >= 11 is 1.72. The number of thioether (sulfide) groups is 1. The highest BCUT2D eigenvalue weighted by molar-refractivity contribution is 7.98. The first-order valence-corrected chi connectivity index (χ1v) is 7.79. The summed E-state index contributed by atoms with van der Waals surface area (Å²) in [7, 11) is 0. The highest BCUT2D eigenvalue weighted by Crippen LogP contribution is 2.27. The molecule has 0 N–H and O–H groups in total. The molecule has 1 heterocycles. The lowest BCUT2D eigenvalue weighted by Gasteiger charge is -2.04. The average molecular weight is 296 g/mol. The van der Waals surface area contributed by atoms with E-state index in [1.807, 2.05) is 30.3 Å². The van der Waals surface area contributed by atoms with E-state index in [1.165, 1.54) is 16.0 Å². The highest BCUT2D eigenvalue weighted by Gasteiger charge is 2.09. The molecule has 3 rings (SSSR count). The molecule has 0 amide bonds. The molecule has 0 aliphatic rings. The molecule has 106 valence electrons. The number of aryl methyl sites for hydroxylation is 2. The topological polar surface area (TPSA) is 38.9 Å². The fourth-order valence-electron chi connectivity index (χ4n) is 2.12. The van der Waals surface area contributed by atoms with Crippen LogP contribution >= 0.6 is 11.8 Å². The van der Waals surface area contributed by atoms with Crippen molar-refractivity contribution in [1.82, 2.24) is 10.1 Å². The van der Waals surface area contributed by atoms with Gasteiger partial charge in [0.05, 0.1) is 5.75 Å². The zero-order valence-electron chi connectivity index (χ0n) is 12.0. The summed E-state index contributed by atoms with van der Waals surface area (Å²) in [6, 6.07) is 16.3. The summed E-state index contributed by atoms with van der Waals surface area (Å²) in [5, 5.41) is 4.04. The van der Waals surface area contributed by atoms with Gasteiger partial charge in [0.25, 0.3) is 0 Å². The summed E-state index contributed by atoms with van der Waals surface area (Å²) in [4.78, 5) is 5.69. The standard InChI is InChI=1S/C17H16N2OS/c1-12-8-9-15(13(2)10-12)21-11-16-18-17(19-20-16)14-6-4-3-5-7-14/h3-10H,11H2,1-2H3. The van der Waals surface area contributed by atoms with Gasteiger partial charge in [-0.05, 0) is 25.5 Å². The normalized spacial score (nSPS) is 10.8. The van der Waals surface area contributed by atoms with Crippen LogP contribution in [0.15, 0.2) is 57.9 Å². The van der Waals surface area contributed by atoms with E-state index in [2.05, 4.69) is 42.2 Å². The predicted molar refractivity (Wildman–Crippen MR) is 85.2 cm³/mol. The van der Waals surface area contributed by atoms with Crippen LogP contribution in [0.25, 0.3) is 11.4 Å². The van der Waals surface area contributed by atoms with Crippen LogP contribution in [0.3, 0.4) is 0 Å². The van der Waals surface area contributed by atoms with Gasteiger partial charge in [-0.3, -0.25) is 0 Å². The van der Waals surface area contributed by atoms with Crippen LogP contribution in [0.4, 0.5) is 0 Å². The minimum Gasteiger partial charge on any atom is -0.338 e. The van der Waals surface area contributed by atoms with E-state index in [0.29, 0.717) is 17.5 Å². The molecule has 0 aliphatic heterocycles. The molecule has 0 fully saturated rings. The van der Waals surface area contributed by atoms with Gasteiger partial charge in [0.2, 0.25) is 11.7 Å². The molecule has 0 saturated heterocycles. The Morgan fingerprint density at radius 3 is 2.62 bits per heavy atom. The predicted octanol–water partition coefficient (Wildman–Crippen LogP) is 4.65. The largest absolute Gasteiger partial charge is 0.338 e. The Kier molecular flexibility index (Phi) is 4.06. The lowest BCUT2D eigenvalue weighted by atomic mass is 10.2. The van der Waals surface area contributed by atoms with Crippen molar-refractivity contribution >= 4 is 11.8 Å². The van der Waals surface area contributed by atoms with Crippen molar-refractivity contribution in [3.8, 4) is 11.4 Å². The van der Waals surface area contributed by atoms with Gasteiger partial charge in [-0.25, -0.2) is 0 Å². The number of rotatable bonds is 4. The van der Waals surface area contributed by atoms with E-state index in [-0.39, 0.29) is 0 Å². The van der Waals surface area contributed by atoms with E-state index >= 15 is 0 Å². The fourth-order valence-corrected chi connectivity index (χ4v) is 2.97. The molecule has 0 radical (unpaired) electrons. The highest BCUT2D eigenvalue weighted by atomic mass is 32.2. The Hall–Kier alpha value is -2.07. The molecule has 3 nitrogen and oxygen atoms in total. The maximum atomic E-state index is 5.32. The van der Waals surface area contributed by atoms with Gasteiger partial charge in [0.15, 0.2) is 0 Å². The third-order valence-electron chi connectivity index (χ3n) is 3.18. The van der Waals surface area contributed by atoms with E-state index < -0.39 is 0 Å². The Morgan fingerprint density at radius 1 is 1.05 bits per heavy atom. The number of aromatic nitrogens is 2. The summed E-state index contributed by atoms with van der Waals surface area (Å²) in [6.45, 7) is 4.23. The third-order valence-corrected chi connectivity index (χ3v) is 4.34. The van der Waals surface area contributed by atoms with Gasteiger partial charge >= 0.3 is 0 Å². The fraction of sp³-hybridized carbons (Fsp3) is 0.176. The van der Waals surface area contributed by atoms with Crippen LogP contribution in [0, 0.1) is 13.8 Å². The van der Waals surface area contributed by atoms with Crippen molar-refractivity contribution in [2.24, 2.45) is 0 Å². The second kappa shape index (κ2) is 6.14. The van der Waals surface area contributed by atoms with Gasteiger partial charge in [0.1, 0.15) is 0 Å². The van der Waals surface area contributed by atoms with Gasteiger partial charge in [-0.2, -0.15) is 4.98 Å². The van der Waals surface area contributed by atoms with Gasteiger partial charge < -0.3 is 4.52 Å². The first-order valence-electron chi connectivity index (χ1n) is 6.80. The number of hydrogen-bond acceptors (Lipinski definition) is 4. The molecule has 0 bridgehead atoms. The van der Waals surface area contributed by atoms with Crippen LogP contribution in [0.5, 0.6) is 0 Å². The molecule has 21 heavy (non-hydrogen) atoms. The molecule has 2 aromatic carbocycles. The first kappa shape index (κ1) is 13.9. The first-order chi connectivity index (χ1) is 10.2. The lowest BCUT2D eigenvalue weighted by Crippen LogP contribution is -1.85. The van der Waals surface area contributed by atoms with Crippen molar-refractivity contribution in [3.05, 3.63) is 65.5 Å². The molecular weight excluding hydrogens is 280 g/mol. The number of benzene rings is 2. The number of hydrogen-bond donors (Lipinski definition) is 0. The van der Waals surface area contributed by atoms with E-state index in [4.69, 9.17) is 4.52 Å². The molecule has 0 aliphatic carbocycles. The Bertz CT molecular complexity index is 738. The molecule has 0 spiro atoms. The van der Waals surface area contributed by atoms with Crippen LogP contribution < -0.4 is 0 Å². The molecule has 0 atom stereocenters. The molecule has 0 saturated carbocycles. The zero-order chi connectivity index (χ0) is 14.7. The zero-order valence-corrected chi connectivity index (χ0v) is 12.9. The maximum absolute atomic E-state index is 5.32. The summed E-state index contributed by atoms with van der Waals surface area (Å²) in [6.07, 6.45) is 0. The lowest BCUT2D eigenvalue weighted by molar-refractivity contribution is 0.391. The summed E-state index contributed by atoms with van der Waals surface area (Å²) < 4.78 is 5.32. The van der Waals surface area contributed by atoms with Crippen molar-refractivity contribution in [2.75, 3.05) is 0 Å². The Balaban J connectivity index is 1.70. The molecule has 4 heteroatoms. The molecular formula is C17H16N2OS. The molecule has 0 unspecified atom stereocenters.